The molecule has 1 fully saturated rings. The van der Waals surface area contributed by atoms with Crippen LogP contribution in [0.25, 0.3) is 0 Å². The van der Waals surface area contributed by atoms with Crippen molar-refractivity contribution in [1.82, 2.24) is 0 Å². The van der Waals surface area contributed by atoms with Crippen LogP contribution in [0.5, 0.6) is 0 Å². The zero-order chi connectivity index (χ0) is 10.9. The van der Waals surface area contributed by atoms with E-state index in [4.69, 9.17) is 4.74 Å². The van der Waals surface area contributed by atoms with Crippen molar-refractivity contribution >= 4 is 5.97 Å². The van der Waals surface area contributed by atoms with Gasteiger partial charge in [-0.25, -0.2) is 0 Å². The lowest BCUT2D eigenvalue weighted by atomic mass is 9.78. The highest BCUT2D eigenvalue weighted by Gasteiger charge is 2.50. The van der Waals surface area contributed by atoms with Crippen molar-refractivity contribution in [2.24, 2.45) is 17.8 Å². The minimum Gasteiger partial charge on any atom is -0.469 e. The summed E-state index contributed by atoms with van der Waals surface area (Å²) >= 11 is 0. The molecular weight excluding hydrogens is 180 g/mol. The van der Waals surface area contributed by atoms with Crippen LogP contribution in [0.4, 0.5) is 0 Å². The van der Waals surface area contributed by atoms with Crippen LogP contribution in [0.15, 0.2) is 0 Å². The maximum atomic E-state index is 11.6. The van der Waals surface area contributed by atoms with Crippen molar-refractivity contribution in [3.63, 3.8) is 0 Å². The fourth-order valence-electron chi connectivity index (χ4n) is 2.23. The Morgan fingerprint density at radius 3 is 2.29 bits per heavy atom. The molecule has 0 aromatic carbocycles. The summed E-state index contributed by atoms with van der Waals surface area (Å²) in [6.45, 7) is 5.64. The van der Waals surface area contributed by atoms with Gasteiger partial charge in [-0.3, -0.25) is 4.79 Å². The first-order chi connectivity index (χ1) is 6.41. The number of carbonyl (C=O) groups excluding carboxylic acids is 1. The highest BCUT2D eigenvalue weighted by molar-refractivity contribution is 5.74. The maximum Gasteiger partial charge on any atom is 0.311 e. The lowest BCUT2D eigenvalue weighted by Gasteiger charge is -2.33. The average Bonchev–Trinajstić information content (AvgIpc) is 2.84. The number of rotatable bonds is 4. The molecule has 0 radical (unpaired) electrons. The molecule has 0 saturated heterocycles. The molecule has 3 nitrogen and oxygen atoms in total. The molecule has 1 aliphatic rings. The lowest BCUT2D eigenvalue weighted by molar-refractivity contribution is -0.159. The topological polar surface area (TPSA) is 46.5 Å². The quantitative estimate of drug-likeness (QED) is 0.701. The Balaban J connectivity index is 2.80. The van der Waals surface area contributed by atoms with E-state index in [-0.39, 0.29) is 17.8 Å². The van der Waals surface area contributed by atoms with Crippen LogP contribution < -0.4 is 0 Å². The van der Waals surface area contributed by atoms with Gasteiger partial charge in [0, 0.05) is 0 Å². The molecular formula is C11H20O3. The van der Waals surface area contributed by atoms with Crippen molar-refractivity contribution in [3.8, 4) is 0 Å². The zero-order valence-electron chi connectivity index (χ0n) is 9.41. The fraction of sp³-hybridized carbons (Fsp3) is 0.909. The summed E-state index contributed by atoms with van der Waals surface area (Å²) < 4.78 is 4.74. The first kappa shape index (κ1) is 11.5. The Bertz CT molecular complexity index is 217. The lowest BCUT2D eigenvalue weighted by Crippen LogP contribution is -2.45. The van der Waals surface area contributed by atoms with Gasteiger partial charge in [0.2, 0.25) is 0 Å². The van der Waals surface area contributed by atoms with Crippen molar-refractivity contribution in [3.05, 3.63) is 0 Å². The van der Waals surface area contributed by atoms with Crippen LogP contribution >= 0.6 is 0 Å². The van der Waals surface area contributed by atoms with Gasteiger partial charge in [0.15, 0.2) is 0 Å². The van der Waals surface area contributed by atoms with E-state index in [0.29, 0.717) is 0 Å². The van der Waals surface area contributed by atoms with Gasteiger partial charge in [-0.15, -0.1) is 0 Å². The second-order valence-corrected chi connectivity index (χ2v) is 4.74. The van der Waals surface area contributed by atoms with E-state index in [0.717, 1.165) is 12.8 Å². The molecule has 0 spiro atoms. The van der Waals surface area contributed by atoms with E-state index in [1.807, 2.05) is 13.8 Å². The highest BCUT2D eigenvalue weighted by atomic mass is 16.5. The molecule has 2 atom stereocenters. The Morgan fingerprint density at radius 1 is 1.50 bits per heavy atom. The fourth-order valence-corrected chi connectivity index (χ4v) is 2.23. The Hall–Kier alpha value is -0.570. The third-order valence-electron chi connectivity index (χ3n) is 3.16. The molecule has 1 aliphatic carbocycles. The predicted molar refractivity (Wildman–Crippen MR) is 53.7 cm³/mol. The van der Waals surface area contributed by atoms with Gasteiger partial charge in [0.25, 0.3) is 0 Å². The molecule has 0 bridgehead atoms. The van der Waals surface area contributed by atoms with Gasteiger partial charge in [0.1, 0.15) is 0 Å². The largest absolute Gasteiger partial charge is 0.469 e. The first-order valence-electron chi connectivity index (χ1n) is 5.21. The summed E-state index contributed by atoms with van der Waals surface area (Å²) in [7, 11) is 1.38. The number of hydrogen-bond donors (Lipinski definition) is 1. The van der Waals surface area contributed by atoms with E-state index in [1.165, 1.54) is 7.11 Å². The summed E-state index contributed by atoms with van der Waals surface area (Å²) in [5.74, 6) is -0.316. The number of esters is 1. The van der Waals surface area contributed by atoms with E-state index in [2.05, 4.69) is 0 Å². The molecule has 1 rings (SSSR count). The molecule has 2 unspecified atom stereocenters. The molecule has 3 heteroatoms. The summed E-state index contributed by atoms with van der Waals surface area (Å²) in [5, 5.41) is 10.3. The number of methoxy groups -OCH3 is 1. The average molecular weight is 200 g/mol. The second-order valence-electron chi connectivity index (χ2n) is 4.74. The highest BCUT2D eigenvalue weighted by Crippen LogP contribution is 2.45. The van der Waals surface area contributed by atoms with Crippen LogP contribution in [0, 0.1) is 17.8 Å². The van der Waals surface area contributed by atoms with Gasteiger partial charge in [-0.1, -0.05) is 13.8 Å². The summed E-state index contributed by atoms with van der Waals surface area (Å²) in [6.07, 6.45) is 2.04. The third-order valence-corrected chi connectivity index (χ3v) is 3.16. The van der Waals surface area contributed by atoms with Gasteiger partial charge in [-0.05, 0) is 31.6 Å². The van der Waals surface area contributed by atoms with Crippen LogP contribution in [-0.4, -0.2) is 23.8 Å². The molecule has 0 aliphatic heterocycles. The van der Waals surface area contributed by atoms with Crippen LogP contribution in [0.2, 0.25) is 0 Å². The van der Waals surface area contributed by atoms with Gasteiger partial charge in [0.05, 0.1) is 18.6 Å². The number of aliphatic hydroxyl groups is 1. The number of hydrogen-bond acceptors (Lipinski definition) is 3. The Morgan fingerprint density at radius 2 is 2.00 bits per heavy atom. The standard InChI is InChI=1S/C11H20O3/c1-7(2)9(10(12)14-4)11(3,13)8-5-6-8/h7-9,13H,5-6H2,1-4H3. The number of carbonyl (C=O) groups is 1. The number of ether oxygens (including phenoxy) is 1. The monoisotopic (exact) mass is 200 g/mol. The normalized spacial score (nSPS) is 23.0. The molecule has 1 N–H and O–H groups in total. The maximum absolute atomic E-state index is 11.6. The van der Waals surface area contributed by atoms with Crippen LogP contribution in [0.1, 0.15) is 33.6 Å². The van der Waals surface area contributed by atoms with Crippen LogP contribution in [-0.2, 0) is 9.53 Å². The van der Waals surface area contributed by atoms with E-state index in [9.17, 15) is 9.90 Å². The van der Waals surface area contributed by atoms with Crippen molar-refractivity contribution < 1.29 is 14.6 Å². The van der Waals surface area contributed by atoms with Crippen molar-refractivity contribution in [1.29, 1.82) is 0 Å². The first-order valence-corrected chi connectivity index (χ1v) is 5.21. The predicted octanol–water partition coefficient (Wildman–Crippen LogP) is 1.59. The second kappa shape index (κ2) is 3.89. The molecule has 1 saturated carbocycles. The van der Waals surface area contributed by atoms with Gasteiger partial charge in [-0.2, -0.15) is 0 Å². The Labute approximate surface area is 85.5 Å². The van der Waals surface area contributed by atoms with E-state index < -0.39 is 11.5 Å². The summed E-state index contributed by atoms with van der Waals surface area (Å²) in [4.78, 5) is 11.6. The van der Waals surface area contributed by atoms with Gasteiger partial charge >= 0.3 is 5.97 Å². The minimum absolute atomic E-state index is 0.109. The SMILES string of the molecule is COC(=O)C(C(C)C)C(C)(O)C1CC1. The molecule has 82 valence electrons. The molecule has 0 aromatic heterocycles. The van der Waals surface area contributed by atoms with Crippen molar-refractivity contribution in [2.75, 3.05) is 7.11 Å². The van der Waals surface area contributed by atoms with E-state index in [1.54, 1.807) is 6.92 Å². The molecule has 14 heavy (non-hydrogen) atoms. The zero-order valence-corrected chi connectivity index (χ0v) is 9.41. The summed E-state index contributed by atoms with van der Waals surface area (Å²) in [5.41, 5.74) is -0.902. The minimum atomic E-state index is -0.902. The third kappa shape index (κ3) is 2.08. The summed E-state index contributed by atoms with van der Waals surface area (Å²) in [6, 6.07) is 0. The van der Waals surface area contributed by atoms with E-state index >= 15 is 0 Å². The molecule has 0 heterocycles. The smallest absolute Gasteiger partial charge is 0.311 e. The van der Waals surface area contributed by atoms with Crippen LogP contribution in [0.3, 0.4) is 0 Å². The van der Waals surface area contributed by atoms with Gasteiger partial charge < -0.3 is 9.84 Å². The molecule has 0 aromatic rings. The van der Waals surface area contributed by atoms with Crippen molar-refractivity contribution in [2.45, 2.75) is 39.2 Å². The Kier molecular flexibility index (Phi) is 3.20. The molecule has 0 amide bonds.